The van der Waals surface area contributed by atoms with Crippen molar-refractivity contribution in [1.82, 2.24) is 9.78 Å². The predicted octanol–water partition coefficient (Wildman–Crippen LogP) is 6.23. The molecule has 6 nitrogen and oxygen atoms in total. The van der Waals surface area contributed by atoms with Crippen LogP contribution in [0.3, 0.4) is 0 Å². The van der Waals surface area contributed by atoms with E-state index >= 15 is 0 Å². The number of hydrogen-bond acceptors (Lipinski definition) is 6. The molecule has 0 atom stereocenters. The number of hydrogen-bond donors (Lipinski definition) is 0. The van der Waals surface area contributed by atoms with Crippen LogP contribution >= 0.6 is 11.8 Å². The highest BCUT2D eigenvalue weighted by molar-refractivity contribution is 7.98. The van der Waals surface area contributed by atoms with Gasteiger partial charge in [-0.1, -0.05) is 50.2 Å². The lowest BCUT2D eigenvalue weighted by Crippen LogP contribution is -2.10. The number of alkyl halides is 3. The van der Waals surface area contributed by atoms with E-state index in [9.17, 15) is 18.0 Å². The largest absolute Gasteiger partial charge is 0.497 e. The Morgan fingerprint density at radius 3 is 2.26 bits per heavy atom. The summed E-state index contributed by atoms with van der Waals surface area (Å²) in [5.74, 6) is 0.160. The van der Waals surface area contributed by atoms with Crippen LogP contribution < -0.4 is 4.74 Å². The minimum Gasteiger partial charge on any atom is -0.497 e. The normalized spacial score (nSPS) is 12.2. The molecule has 0 fully saturated rings. The Kier molecular flexibility index (Phi) is 7.94. The van der Waals surface area contributed by atoms with Crippen molar-refractivity contribution >= 4 is 23.9 Å². The zero-order chi connectivity index (χ0) is 25.8. The first kappa shape index (κ1) is 26.3. The molecule has 10 heteroatoms. The molecule has 35 heavy (non-hydrogen) atoms. The van der Waals surface area contributed by atoms with Crippen molar-refractivity contribution in [1.29, 1.82) is 0 Å². The minimum absolute atomic E-state index is 0.00219. The summed E-state index contributed by atoms with van der Waals surface area (Å²) in [6.45, 7) is 6.33. The van der Waals surface area contributed by atoms with Gasteiger partial charge in [0.1, 0.15) is 10.8 Å². The number of halogens is 3. The summed E-state index contributed by atoms with van der Waals surface area (Å²) < 4.78 is 47.0. The number of ether oxygens (including phenoxy) is 1. The number of carbonyl (C=O) groups is 1. The number of oxime groups is 1. The topological polar surface area (TPSA) is 65.7 Å². The standard InChI is InChI=1S/C25H26F3N3O3S/c1-24(2,3)18-10-6-16(7-11-18)15-35-22-20(21(25(26,27)28)30-31(22)4)14-29-34-23(32)17-8-12-19(33-5)13-9-17/h6-14H,15H2,1-5H3/b29-14-. The van der Waals surface area contributed by atoms with Crippen molar-refractivity contribution in [2.24, 2.45) is 12.2 Å². The first-order valence-electron chi connectivity index (χ1n) is 10.7. The molecule has 0 aliphatic heterocycles. The average Bonchev–Trinajstić information content (AvgIpc) is 3.13. The number of benzene rings is 2. The molecule has 0 aliphatic carbocycles. The van der Waals surface area contributed by atoms with Crippen LogP contribution in [0.15, 0.2) is 58.7 Å². The zero-order valence-corrected chi connectivity index (χ0v) is 20.8. The molecule has 0 N–H and O–H groups in total. The number of rotatable bonds is 7. The van der Waals surface area contributed by atoms with Gasteiger partial charge in [0.2, 0.25) is 0 Å². The smallest absolute Gasteiger partial charge is 0.435 e. The molecular weight excluding hydrogens is 479 g/mol. The quantitative estimate of drug-likeness (QED) is 0.165. The number of aryl methyl sites for hydroxylation is 1. The van der Waals surface area contributed by atoms with Gasteiger partial charge in [-0.25, -0.2) is 4.79 Å². The zero-order valence-electron chi connectivity index (χ0n) is 20.0. The van der Waals surface area contributed by atoms with Crippen LogP contribution in [0.25, 0.3) is 0 Å². The molecule has 1 heterocycles. The van der Waals surface area contributed by atoms with Crippen LogP contribution in [0, 0.1) is 0 Å². The van der Waals surface area contributed by atoms with Gasteiger partial charge in [0, 0.05) is 12.8 Å². The van der Waals surface area contributed by atoms with Crippen LogP contribution in [0.2, 0.25) is 0 Å². The van der Waals surface area contributed by atoms with Crippen LogP contribution in [-0.4, -0.2) is 29.1 Å². The molecule has 0 radical (unpaired) electrons. The second-order valence-corrected chi connectivity index (χ2v) is 9.73. The molecule has 3 rings (SSSR count). The number of thioether (sulfide) groups is 1. The molecule has 0 unspecified atom stereocenters. The Morgan fingerprint density at radius 1 is 1.09 bits per heavy atom. The maximum absolute atomic E-state index is 13.6. The third-order valence-corrected chi connectivity index (χ3v) is 6.37. The molecule has 0 saturated carbocycles. The van der Waals surface area contributed by atoms with E-state index in [4.69, 9.17) is 9.57 Å². The van der Waals surface area contributed by atoms with Crippen molar-refractivity contribution in [3.63, 3.8) is 0 Å². The second kappa shape index (κ2) is 10.6. The highest BCUT2D eigenvalue weighted by atomic mass is 32.2. The predicted molar refractivity (Wildman–Crippen MR) is 129 cm³/mol. The molecule has 2 aromatic carbocycles. The number of carbonyl (C=O) groups excluding carboxylic acids is 1. The Morgan fingerprint density at radius 2 is 1.71 bits per heavy atom. The Bertz CT molecular complexity index is 1200. The van der Waals surface area contributed by atoms with Gasteiger partial charge in [-0.3, -0.25) is 4.68 Å². The van der Waals surface area contributed by atoms with Crippen LogP contribution in [0.5, 0.6) is 5.75 Å². The molecule has 1 aromatic heterocycles. The Balaban J connectivity index is 1.79. The fourth-order valence-corrected chi connectivity index (χ4v) is 4.21. The minimum atomic E-state index is -4.70. The molecule has 0 aliphatic rings. The van der Waals surface area contributed by atoms with E-state index in [0.717, 1.165) is 22.0 Å². The van der Waals surface area contributed by atoms with Crippen molar-refractivity contribution in [3.8, 4) is 5.75 Å². The maximum atomic E-state index is 13.6. The summed E-state index contributed by atoms with van der Waals surface area (Å²) >= 11 is 1.19. The fraction of sp³-hybridized carbons (Fsp3) is 0.320. The Hall–Kier alpha value is -3.27. The number of methoxy groups -OCH3 is 1. The summed E-state index contributed by atoms with van der Waals surface area (Å²) in [7, 11) is 2.92. The summed E-state index contributed by atoms with van der Waals surface area (Å²) in [6, 6.07) is 14.0. The molecule has 3 aromatic rings. The highest BCUT2D eigenvalue weighted by Gasteiger charge is 2.38. The lowest BCUT2D eigenvalue weighted by atomic mass is 9.87. The summed E-state index contributed by atoms with van der Waals surface area (Å²) in [6.07, 6.45) is -3.82. The van der Waals surface area contributed by atoms with Crippen molar-refractivity contribution < 1.29 is 27.5 Å². The average molecular weight is 506 g/mol. The third kappa shape index (κ3) is 6.66. The van der Waals surface area contributed by atoms with E-state index in [1.165, 1.54) is 38.1 Å². The molecule has 0 amide bonds. The summed E-state index contributed by atoms with van der Waals surface area (Å²) in [5, 5.41) is 7.42. The molecular formula is C25H26F3N3O3S. The lowest BCUT2D eigenvalue weighted by molar-refractivity contribution is -0.141. The fourth-order valence-electron chi connectivity index (χ4n) is 3.18. The third-order valence-electron chi connectivity index (χ3n) is 5.14. The van der Waals surface area contributed by atoms with Gasteiger partial charge in [0.15, 0.2) is 5.69 Å². The summed E-state index contributed by atoms with van der Waals surface area (Å²) in [5.41, 5.74) is 0.929. The Labute approximate surface area is 206 Å². The molecule has 0 bridgehead atoms. The first-order chi connectivity index (χ1) is 16.4. The first-order valence-corrected chi connectivity index (χ1v) is 11.6. The van der Waals surface area contributed by atoms with Gasteiger partial charge >= 0.3 is 12.1 Å². The van der Waals surface area contributed by atoms with E-state index in [-0.39, 0.29) is 21.6 Å². The highest BCUT2D eigenvalue weighted by Crippen LogP contribution is 2.36. The van der Waals surface area contributed by atoms with E-state index in [1.807, 2.05) is 24.3 Å². The van der Waals surface area contributed by atoms with Gasteiger partial charge in [-0.15, -0.1) is 11.8 Å². The molecule has 0 saturated heterocycles. The van der Waals surface area contributed by atoms with Gasteiger partial charge < -0.3 is 9.57 Å². The monoisotopic (exact) mass is 505 g/mol. The van der Waals surface area contributed by atoms with E-state index in [0.29, 0.717) is 11.5 Å². The van der Waals surface area contributed by atoms with Gasteiger partial charge in [0.25, 0.3) is 0 Å². The van der Waals surface area contributed by atoms with Gasteiger partial charge in [0.05, 0.1) is 24.5 Å². The van der Waals surface area contributed by atoms with Gasteiger partial charge in [-0.2, -0.15) is 18.3 Å². The number of nitrogens with zero attached hydrogens (tertiary/aromatic N) is 3. The van der Waals surface area contributed by atoms with E-state index in [1.54, 1.807) is 12.1 Å². The van der Waals surface area contributed by atoms with Crippen LogP contribution in [0.4, 0.5) is 13.2 Å². The van der Waals surface area contributed by atoms with Crippen molar-refractivity contribution in [2.75, 3.05) is 7.11 Å². The molecule has 186 valence electrons. The second-order valence-electron chi connectivity index (χ2n) is 8.77. The van der Waals surface area contributed by atoms with Crippen LogP contribution in [-0.2, 0) is 29.2 Å². The van der Waals surface area contributed by atoms with Gasteiger partial charge in [-0.05, 0) is 40.8 Å². The SMILES string of the molecule is COc1ccc(C(=O)O/N=C\c2c(C(F)(F)F)nn(C)c2SCc2ccc(C(C)(C)C)cc2)cc1. The lowest BCUT2D eigenvalue weighted by Gasteiger charge is -2.19. The maximum Gasteiger partial charge on any atom is 0.435 e. The van der Waals surface area contributed by atoms with E-state index in [2.05, 4.69) is 31.0 Å². The van der Waals surface area contributed by atoms with Crippen molar-refractivity contribution in [2.45, 2.75) is 43.1 Å². The summed E-state index contributed by atoms with van der Waals surface area (Å²) in [4.78, 5) is 17.0. The van der Waals surface area contributed by atoms with E-state index < -0.39 is 17.8 Å². The van der Waals surface area contributed by atoms with Crippen LogP contribution in [0.1, 0.15) is 53.5 Å². The van der Waals surface area contributed by atoms with Crippen molar-refractivity contribution in [3.05, 3.63) is 76.5 Å². The molecule has 0 spiro atoms. The number of aromatic nitrogens is 2.